The summed E-state index contributed by atoms with van der Waals surface area (Å²) in [7, 11) is 2.01. The first-order valence-electron chi connectivity index (χ1n) is 6.10. The first-order chi connectivity index (χ1) is 8.33. The summed E-state index contributed by atoms with van der Waals surface area (Å²) in [6.07, 6.45) is 2.62. The molecule has 0 aliphatic heterocycles. The number of nitrogens with zero attached hydrogens (tertiary/aromatic N) is 1. The minimum absolute atomic E-state index is 0.539. The number of hydrogen-bond donors (Lipinski definition) is 1. The summed E-state index contributed by atoms with van der Waals surface area (Å²) in [6, 6.07) is 6.11. The lowest BCUT2D eigenvalue weighted by atomic mass is 9.85. The van der Waals surface area contributed by atoms with Crippen molar-refractivity contribution in [1.82, 2.24) is 4.57 Å². The predicted octanol–water partition coefficient (Wildman–Crippen LogP) is 3.14. The van der Waals surface area contributed by atoms with Crippen LogP contribution in [0.3, 0.4) is 0 Å². The van der Waals surface area contributed by atoms with Crippen molar-refractivity contribution in [2.24, 2.45) is 12.5 Å². The molecule has 1 aromatic carbocycles. The number of benzene rings is 1. The highest BCUT2D eigenvalue weighted by Crippen LogP contribution is 2.29. The van der Waals surface area contributed by atoms with Crippen molar-refractivity contribution in [3.8, 4) is 0 Å². The van der Waals surface area contributed by atoms with E-state index in [0.717, 1.165) is 11.1 Å². The Morgan fingerprint density at radius 3 is 2.67 bits per heavy atom. The maximum absolute atomic E-state index is 11.2. The highest BCUT2D eigenvalue weighted by Gasteiger charge is 2.28. The Labute approximate surface area is 107 Å². The third-order valence-electron chi connectivity index (χ3n) is 3.50. The van der Waals surface area contributed by atoms with Gasteiger partial charge in [-0.05, 0) is 38.3 Å². The number of aromatic nitrogens is 1. The third-order valence-corrected chi connectivity index (χ3v) is 3.50. The van der Waals surface area contributed by atoms with Gasteiger partial charge in [0, 0.05) is 18.6 Å². The zero-order chi connectivity index (χ0) is 13.5. The number of fused-ring (bicyclic) bond motifs is 1. The van der Waals surface area contributed by atoms with E-state index in [2.05, 4.69) is 23.8 Å². The summed E-state index contributed by atoms with van der Waals surface area (Å²) in [4.78, 5) is 11.2. The standard InChI is InChI=1S/C15H19NO2/c1-10-9-16(4)13-11(6-5-7-12(10)13)8-15(2,3)14(17)18/h5-7,9H,8H2,1-4H3,(H,17,18). The van der Waals surface area contributed by atoms with Crippen LogP contribution in [0.5, 0.6) is 0 Å². The number of carbonyl (C=O) groups is 1. The molecule has 0 bridgehead atoms. The molecule has 0 fully saturated rings. The fourth-order valence-electron chi connectivity index (χ4n) is 2.45. The highest BCUT2D eigenvalue weighted by atomic mass is 16.4. The van der Waals surface area contributed by atoms with E-state index >= 15 is 0 Å². The van der Waals surface area contributed by atoms with Gasteiger partial charge in [-0.3, -0.25) is 4.79 Å². The first-order valence-corrected chi connectivity index (χ1v) is 6.10. The van der Waals surface area contributed by atoms with Gasteiger partial charge in [-0.15, -0.1) is 0 Å². The lowest BCUT2D eigenvalue weighted by Crippen LogP contribution is -2.26. The maximum Gasteiger partial charge on any atom is 0.309 e. The molecule has 0 saturated heterocycles. The Hall–Kier alpha value is -1.77. The zero-order valence-corrected chi connectivity index (χ0v) is 11.3. The fourth-order valence-corrected chi connectivity index (χ4v) is 2.45. The van der Waals surface area contributed by atoms with Gasteiger partial charge in [0.05, 0.1) is 10.9 Å². The second-order valence-corrected chi connectivity index (χ2v) is 5.60. The molecule has 0 radical (unpaired) electrons. The van der Waals surface area contributed by atoms with Crippen LogP contribution in [0.15, 0.2) is 24.4 Å². The van der Waals surface area contributed by atoms with Gasteiger partial charge in [-0.1, -0.05) is 18.2 Å². The number of carboxylic acids is 1. The van der Waals surface area contributed by atoms with Crippen molar-refractivity contribution >= 4 is 16.9 Å². The summed E-state index contributed by atoms with van der Waals surface area (Å²) in [5.74, 6) is -0.759. The van der Waals surface area contributed by atoms with E-state index < -0.39 is 11.4 Å². The number of para-hydroxylation sites is 1. The summed E-state index contributed by atoms with van der Waals surface area (Å²) >= 11 is 0. The summed E-state index contributed by atoms with van der Waals surface area (Å²) in [6.45, 7) is 5.61. The summed E-state index contributed by atoms with van der Waals surface area (Å²) in [5, 5.41) is 10.4. The molecule has 2 rings (SSSR count). The quantitative estimate of drug-likeness (QED) is 0.902. The van der Waals surface area contributed by atoms with Crippen LogP contribution in [-0.2, 0) is 18.3 Å². The van der Waals surface area contributed by atoms with Crippen LogP contribution in [0.25, 0.3) is 10.9 Å². The molecule has 0 amide bonds. The molecular formula is C15H19NO2. The SMILES string of the molecule is Cc1cn(C)c2c(CC(C)(C)C(=O)O)cccc12. The van der Waals surface area contributed by atoms with Gasteiger partial charge in [-0.25, -0.2) is 0 Å². The molecular weight excluding hydrogens is 226 g/mol. The van der Waals surface area contributed by atoms with E-state index in [-0.39, 0.29) is 0 Å². The van der Waals surface area contributed by atoms with Gasteiger partial charge in [0.25, 0.3) is 0 Å². The first kappa shape index (κ1) is 12.7. The van der Waals surface area contributed by atoms with Gasteiger partial charge in [0.1, 0.15) is 0 Å². The highest BCUT2D eigenvalue weighted by molar-refractivity contribution is 5.87. The van der Waals surface area contributed by atoms with E-state index in [9.17, 15) is 9.90 Å². The molecule has 0 atom stereocenters. The van der Waals surface area contributed by atoms with Gasteiger partial charge >= 0.3 is 5.97 Å². The van der Waals surface area contributed by atoms with Gasteiger partial charge in [-0.2, -0.15) is 0 Å². The number of hydrogen-bond acceptors (Lipinski definition) is 1. The Balaban J connectivity index is 2.56. The van der Waals surface area contributed by atoms with Gasteiger partial charge in [0.15, 0.2) is 0 Å². The van der Waals surface area contributed by atoms with Crippen LogP contribution in [-0.4, -0.2) is 15.6 Å². The van der Waals surface area contributed by atoms with E-state index in [4.69, 9.17) is 0 Å². The molecule has 2 aromatic rings. The molecule has 3 heteroatoms. The second-order valence-electron chi connectivity index (χ2n) is 5.60. The molecule has 0 saturated carbocycles. The van der Waals surface area contributed by atoms with Gasteiger partial charge in [0.2, 0.25) is 0 Å². The minimum Gasteiger partial charge on any atom is -0.481 e. The molecule has 3 nitrogen and oxygen atoms in total. The van der Waals surface area contributed by atoms with Gasteiger partial charge < -0.3 is 9.67 Å². The molecule has 0 aliphatic carbocycles. The van der Waals surface area contributed by atoms with E-state index in [0.29, 0.717) is 6.42 Å². The molecule has 1 N–H and O–H groups in total. The van der Waals surface area contributed by atoms with Crippen molar-refractivity contribution in [2.75, 3.05) is 0 Å². The van der Waals surface area contributed by atoms with Crippen LogP contribution < -0.4 is 0 Å². The normalized spacial score (nSPS) is 12.0. The van der Waals surface area contributed by atoms with Crippen molar-refractivity contribution in [2.45, 2.75) is 27.2 Å². The number of rotatable bonds is 3. The monoisotopic (exact) mass is 245 g/mol. The largest absolute Gasteiger partial charge is 0.481 e. The van der Waals surface area contributed by atoms with Crippen molar-refractivity contribution in [1.29, 1.82) is 0 Å². The topological polar surface area (TPSA) is 42.2 Å². The van der Waals surface area contributed by atoms with Crippen molar-refractivity contribution < 1.29 is 9.90 Å². The average Bonchev–Trinajstić information content (AvgIpc) is 2.55. The predicted molar refractivity (Wildman–Crippen MR) is 72.8 cm³/mol. The Bertz CT molecular complexity index is 608. The lowest BCUT2D eigenvalue weighted by Gasteiger charge is -2.20. The number of aryl methyl sites for hydroxylation is 2. The van der Waals surface area contributed by atoms with Crippen LogP contribution in [0.2, 0.25) is 0 Å². The lowest BCUT2D eigenvalue weighted by molar-refractivity contribution is -0.146. The zero-order valence-electron chi connectivity index (χ0n) is 11.3. The molecule has 0 aliphatic rings. The van der Waals surface area contributed by atoms with E-state index in [1.165, 1.54) is 10.9 Å². The smallest absolute Gasteiger partial charge is 0.309 e. The van der Waals surface area contributed by atoms with Crippen molar-refractivity contribution in [3.63, 3.8) is 0 Å². The van der Waals surface area contributed by atoms with Crippen LogP contribution in [0, 0.1) is 12.3 Å². The molecule has 96 valence electrons. The average molecular weight is 245 g/mol. The summed E-state index contributed by atoms with van der Waals surface area (Å²) < 4.78 is 2.08. The van der Waals surface area contributed by atoms with Crippen LogP contribution >= 0.6 is 0 Å². The molecule has 1 heterocycles. The van der Waals surface area contributed by atoms with Crippen molar-refractivity contribution in [3.05, 3.63) is 35.5 Å². The van der Waals surface area contributed by atoms with Crippen LogP contribution in [0.4, 0.5) is 0 Å². The Morgan fingerprint density at radius 2 is 2.06 bits per heavy atom. The third kappa shape index (κ3) is 2.01. The van der Waals surface area contributed by atoms with Crippen LogP contribution in [0.1, 0.15) is 25.0 Å². The number of carboxylic acid groups (broad SMARTS) is 1. The second kappa shape index (κ2) is 4.16. The Morgan fingerprint density at radius 1 is 1.39 bits per heavy atom. The number of aliphatic carboxylic acids is 1. The molecule has 0 unspecified atom stereocenters. The van der Waals surface area contributed by atoms with E-state index in [1.54, 1.807) is 13.8 Å². The summed E-state index contributed by atoms with van der Waals surface area (Å²) in [5.41, 5.74) is 2.72. The van der Waals surface area contributed by atoms with E-state index in [1.807, 2.05) is 19.2 Å². The minimum atomic E-state index is -0.759. The molecule has 18 heavy (non-hydrogen) atoms. The molecule has 1 aromatic heterocycles. The molecule has 0 spiro atoms. The fraction of sp³-hybridized carbons (Fsp3) is 0.400. The Kier molecular flexibility index (Phi) is 2.93. The maximum atomic E-state index is 11.2.